The molecule has 3 atom stereocenters. The zero-order chi connectivity index (χ0) is 32.9. The predicted molar refractivity (Wildman–Crippen MR) is 175 cm³/mol. The van der Waals surface area contributed by atoms with Crippen molar-refractivity contribution in [2.75, 3.05) is 26.2 Å². The van der Waals surface area contributed by atoms with Crippen LogP contribution in [0.2, 0.25) is 0 Å². The smallest absolute Gasteiger partial charge is 0.410 e. The Hall–Kier alpha value is -4.05. The van der Waals surface area contributed by atoms with Gasteiger partial charge in [0.2, 0.25) is 0 Å². The molecule has 0 aromatic heterocycles. The van der Waals surface area contributed by atoms with Crippen molar-refractivity contribution in [3.05, 3.63) is 108 Å². The Morgan fingerprint density at radius 2 is 1.04 bits per heavy atom. The SMILES string of the molecule is CCC(=O)[C@@H](OCc1ccccc1)[C@H](OCc1ccccc1)[C@@H](OCc1ccccc1)C(=O)N1CCN(C(=O)OC(C)(C)C)CC1. The van der Waals surface area contributed by atoms with E-state index in [0.29, 0.717) is 13.1 Å². The van der Waals surface area contributed by atoms with E-state index in [0.717, 1.165) is 16.7 Å². The molecule has 9 heteroatoms. The van der Waals surface area contributed by atoms with E-state index in [-0.39, 0.29) is 51.0 Å². The lowest BCUT2D eigenvalue weighted by Gasteiger charge is -2.39. The maximum absolute atomic E-state index is 14.4. The van der Waals surface area contributed by atoms with Gasteiger partial charge in [-0.25, -0.2) is 4.79 Å². The van der Waals surface area contributed by atoms with Crippen molar-refractivity contribution in [1.82, 2.24) is 9.80 Å². The lowest BCUT2D eigenvalue weighted by Crippen LogP contribution is -2.58. The molecule has 1 aliphatic rings. The van der Waals surface area contributed by atoms with Crippen LogP contribution in [0, 0.1) is 0 Å². The Kier molecular flexibility index (Phi) is 12.9. The fourth-order valence-electron chi connectivity index (χ4n) is 5.12. The summed E-state index contributed by atoms with van der Waals surface area (Å²) < 4.78 is 24.7. The lowest BCUT2D eigenvalue weighted by molar-refractivity contribution is -0.181. The van der Waals surface area contributed by atoms with Gasteiger partial charge in [-0.3, -0.25) is 9.59 Å². The van der Waals surface area contributed by atoms with E-state index in [1.807, 2.05) is 112 Å². The predicted octanol–water partition coefficient (Wildman–Crippen LogP) is 5.80. The second-order valence-corrected chi connectivity index (χ2v) is 12.3. The molecule has 246 valence electrons. The minimum atomic E-state index is -1.16. The van der Waals surface area contributed by atoms with Gasteiger partial charge in [0.1, 0.15) is 17.8 Å². The molecule has 0 aliphatic carbocycles. The molecule has 46 heavy (non-hydrogen) atoms. The fraction of sp³-hybridized carbons (Fsp3) is 0.432. The summed E-state index contributed by atoms with van der Waals surface area (Å²) >= 11 is 0. The van der Waals surface area contributed by atoms with Gasteiger partial charge in [0.15, 0.2) is 11.9 Å². The fourth-order valence-corrected chi connectivity index (χ4v) is 5.12. The first-order chi connectivity index (χ1) is 22.1. The van der Waals surface area contributed by atoms with Crippen LogP contribution in [-0.2, 0) is 48.4 Å². The van der Waals surface area contributed by atoms with Gasteiger partial charge in [-0.15, -0.1) is 0 Å². The monoisotopic (exact) mass is 630 g/mol. The van der Waals surface area contributed by atoms with Gasteiger partial charge in [-0.1, -0.05) is 97.9 Å². The normalized spacial score (nSPS) is 15.6. The molecule has 3 aromatic rings. The highest BCUT2D eigenvalue weighted by atomic mass is 16.6. The van der Waals surface area contributed by atoms with Crippen LogP contribution >= 0.6 is 0 Å². The summed E-state index contributed by atoms with van der Waals surface area (Å²) in [7, 11) is 0. The molecule has 0 spiro atoms. The molecule has 0 N–H and O–H groups in total. The number of hydrogen-bond acceptors (Lipinski definition) is 7. The lowest BCUT2D eigenvalue weighted by atomic mass is 10.00. The maximum Gasteiger partial charge on any atom is 0.410 e. The van der Waals surface area contributed by atoms with Crippen LogP contribution in [0.15, 0.2) is 91.0 Å². The molecule has 0 saturated carbocycles. The highest BCUT2D eigenvalue weighted by Crippen LogP contribution is 2.23. The maximum atomic E-state index is 14.4. The Morgan fingerprint density at radius 1 is 0.630 bits per heavy atom. The summed E-state index contributed by atoms with van der Waals surface area (Å²) in [6, 6.07) is 28.7. The number of piperazine rings is 1. The number of carbonyl (C=O) groups is 3. The summed E-state index contributed by atoms with van der Waals surface area (Å²) in [5.41, 5.74) is 2.04. The van der Waals surface area contributed by atoms with Gasteiger partial charge in [-0.05, 0) is 37.5 Å². The number of rotatable bonds is 14. The number of amides is 2. The standard InChI is InChI=1S/C37H46N2O7/c1-5-31(40)32(43-25-28-15-9-6-10-16-28)33(44-26-29-17-11-7-12-18-29)34(45-27-30-19-13-8-14-20-30)35(41)38-21-23-39(24-22-38)36(42)46-37(2,3)4/h6-20,32-34H,5,21-27H2,1-4H3/t32-,33+,34-/m1/s1. The minimum absolute atomic E-state index is 0.131. The molecule has 0 unspecified atom stereocenters. The first-order valence-electron chi connectivity index (χ1n) is 15.9. The van der Waals surface area contributed by atoms with Crippen molar-refractivity contribution in [3.63, 3.8) is 0 Å². The van der Waals surface area contributed by atoms with Crippen molar-refractivity contribution >= 4 is 17.8 Å². The first kappa shape index (κ1) is 34.8. The van der Waals surface area contributed by atoms with Gasteiger partial charge in [0.25, 0.3) is 5.91 Å². The molecule has 1 fully saturated rings. The topological polar surface area (TPSA) is 94.6 Å². The van der Waals surface area contributed by atoms with Gasteiger partial charge in [-0.2, -0.15) is 0 Å². The van der Waals surface area contributed by atoms with Crippen molar-refractivity contribution in [2.24, 2.45) is 0 Å². The molecule has 4 rings (SSSR count). The van der Waals surface area contributed by atoms with E-state index in [4.69, 9.17) is 18.9 Å². The van der Waals surface area contributed by atoms with E-state index in [1.165, 1.54) is 0 Å². The van der Waals surface area contributed by atoms with Crippen LogP contribution in [0.25, 0.3) is 0 Å². The Morgan fingerprint density at radius 3 is 1.48 bits per heavy atom. The number of ketones is 1. The van der Waals surface area contributed by atoms with Crippen LogP contribution in [0.4, 0.5) is 4.79 Å². The van der Waals surface area contributed by atoms with Gasteiger partial charge in [0, 0.05) is 32.6 Å². The molecular formula is C37H46N2O7. The third kappa shape index (κ3) is 10.5. The van der Waals surface area contributed by atoms with Crippen LogP contribution in [0.1, 0.15) is 50.8 Å². The van der Waals surface area contributed by atoms with E-state index in [9.17, 15) is 14.4 Å². The van der Waals surface area contributed by atoms with E-state index in [2.05, 4.69) is 0 Å². The first-order valence-corrected chi connectivity index (χ1v) is 15.9. The van der Waals surface area contributed by atoms with Gasteiger partial charge < -0.3 is 28.7 Å². The third-order valence-electron chi connectivity index (χ3n) is 7.58. The molecule has 0 bridgehead atoms. The minimum Gasteiger partial charge on any atom is -0.444 e. The number of ether oxygens (including phenoxy) is 4. The van der Waals surface area contributed by atoms with Crippen LogP contribution in [-0.4, -0.2) is 77.7 Å². The average molecular weight is 631 g/mol. The van der Waals surface area contributed by atoms with Crippen molar-refractivity contribution in [3.8, 4) is 0 Å². The Labute approximate surface area is 272 Å². The highest BCUT2D eigenvalue weighted by molar-refractivity contribution is 5.87. The summed E-state index contributed by atoms with van der Waals surface area (Å²) in [6.45, 7) is 8.87. The average Bonchev–Trinajstić information content (AvgIpc) is 3.07. The zero-order valence-corrected chi connectivity index (χ0v) is 27.3. The molecule has 0 radical (unpaired) electrons. The molecule has 3 aromatic carbocycles. The van der Waals surface area contributed by atoms with E-state index in [1.54, 1.807) is 16.7 Å². The van der Waals surface area contributed by atoms with Gasteiger partial charge >= 0.3 is 6.09 Å². The number of Topliss-reactive ketones (excluding diaryl/α,β-unsaturated/α-hetero) is 1. The van der Waals surface area contributed by atoms with E-state index >= 15 is 0 Å². The summed E-state index contributed by atoms with van der Waals surface area (Å²) in [4.78, 5) is 43.9. The van der Waals surface area contributed by atoms with Crippen molar-refractivity contribution < 1.29 is 33.3 Å². The molecular weight excluding hydrogens is 584 g/mol. The summed E-state index contributed by atoms with van der Waals surface area (Å²) in [5.74, 6) is -0.514. The Bertz CT molecular complexity index is 1370. The second-order valence-electron chi connectivity index (χ2n) is 12.3. The van der Waals surface area contributed by atoms with Crippen molar-refractivity contribution in [2.45, 2.75) is 77.8 Å². The number of benzene rings is 3. The van der Waals surface area contributed by atoms with Crippen molar-refractivity contribution in [1.29, 1.82) is 0 Å². The highest BCUT2D eigenvalue weighted by Gasteiger charge is 2.43. The number of nitrogens with zero attached hydrogens (tertiary/aromatic N) is 2. The van der Waals surface area contributed by atoms with Crippen LogP contribution in [0.5, 0.6) is 0 Å². The quantitative estimate of drug-likeness (QED) is 0.222. The molecule has 9 nitrogen and oxygen atoms in total. The van der Waals surface area contributed by atoms with E-state index < -0.39 is 30.0 Å². The summed E-state index contributed by atoms with van der Waals surface area (Å²) in [6.07, 6.45) is -3.49. The van der Waals surface area contributed by atoms with Gasteiger partial charge in [0.05, 0.1) is 19.8 Å². The molecule has 1 saturated heterocycles. The zero-order valence-electron chi connectivity index (χ0n) is 27.3. The Balaban J connectivity index is 1.62. The number of hydrogen-bond donors (Lipinski definition) is 0. The summed E-state index contributed by atoms with van der Waals surface area (Å²) in [5, 5.41) is 0. The second kappa shape index (κ2) is 17.0. The number of carbonyl (C=O) groups excluding carboxylic acids is 3. The third-order valence-corrected chi connectivity index (χ3v) is 7.58. The van der Waals surface area contributed by atoms with Crippen LogP contribution < -0.4 is 0 Å². The van der Waals surface area contributed by atoms with Crippen LogP contribution in [0.3, 0.4) is 0 Å². The molecule has 2 amide bonds. The molecule has 1 heterocycles. The molecule has 1 aliphatic heterocycles. The largest absolute Gasteiger partial charge is 0.444 e.